The van der Waals surface area contributed by atoms with E-state index in [2.05, 4.69) is 12.2 Å². The number of benzene rings is 1. The molecule has 0 heterocycles. The van der Waals surface area contributed by atoms with E-state index in [4.69, 9.17) is 5.73 Å². The molecule has 0 radical (unpaired) electrons. The molecule has 0 saturated carbocycles. The van der Waals surface area contributed by atoms with Crippen molar-refractivity contribution >= 4 is 23.0 Å². The van der Waals surface area contributed by atoms with E-state index < -0.39 is 0 Å². The van der Waals surface area contributed by atoms with Crippen molar-refractivity contribution < 1.29 is 4.76 Å². The first-order valence-corrected chi connectivity index (χ1v) is 3.44. The predicted octanol–water partition coefficient (Wildman–Crippen LogP) is 1.34. The van der Waals surface area contributed by atoms with Crippen LogP contribution in [0.25, 0.3) is 0 Å². The Bertz CT molecular complexity index is 284. The molecule has 0 fully saturated rings. The Morgan fingerprint density at radius 1 is 1.36 bits per heavy atom. The van der Waals surface area contributed by atoms with Crippen LogP contribution < -0.4 is 5.73 Å². The molecular weight excluding hydrogens is 160 g/mol. The molecule has 0 bridgehead atoms. The first-order valence-electron chi connectivity index (χ1n) is 3.03. The largest absolute Gasteiger partial charge is 0.386 e. The summed E-state index contributed by atoms with van der Waals surface area (Å²) in [6.45, 7) is 0. The molecule has 0 aliphatic rings. The third-order valence-electron chi connectivity index (χ3n) is 1.19. The van der Waals surface area contributed by atoms with E-state index in [1.54, 1.807) is 24.3 Å². The van der Waals surface area contributed by atoms with Crippen molar-refractivity contribution in [3.05, 3.63) is 35.2 Å². The summed E-state index contributed by atoms with van der Waals surface area (Å²) in [7, 11) is 0. The van der Waals surface area contributed by atoms with Gasteiger partial charge < -0.3 is 0 Å². The Hall–Kier alpha value is -1.29. The monoisotopic (exact) mass is 167 g/mol. The van der Waals surface area contributed by atoms with Crippen LogP contribution in [0.1, 0.15) is 0 Å². The molecule has 0 saturated heterocycles. The van der Waals surface area contributed by atoms with Gasteiger partial charge in [0.2, 0.25) is 0 Å². The van der Waals surface area contributed by atoms with Gasteiger partial charge in [-0.25, -0.2) is 0 Å². The van der Waals surface area contributed by atoms with Crippen LogP contribution >= 0.6 is 12.2 Å². The molecule has 0 spiro atoms. The number of nitroso groups, excluding NO2 is 1. The van der Waals surface area contributed by atoms with Crippen LogP contribution in [0.15, 0.2) is 30.3 Å². The van der Waals surface area contributed by atoms with Gasteiger partial charge in [-0.1, -0.05) is 23.1 Å². The summed E-state index contributed by atoms with van der Waals surface area (Å²) in [4.78, 5) is 11.0. The van der Waals surface area contributed by atoms with Crippen LogP contribution in [0.5, 0.6) is 0 Å². The number of rotatable bonds is 1. The Balaban J connectivity index is 2.95. The van der Waals surface area contributed by atoms with Gasteiger partial charge in [-0.3, -0.25) is 5.73 Å². The third-order valence-corrected chi connectivity index (χ3v) is 1.36. The topological polar surface area (TPSA) is 46.1 Å². The average Bonchev–Trinajstić information content (AvgIpc) is 2.05. The Morgan fingerprint density at radius 2 is 1.91 bits per heavy atom. The lowest BCUT2D eigenvalue weighted by atomic mass is 10.3. The minimum Gasteiger partial charge on any atom is -0.274 e. The normalized spacial score (nSPS) is 9.09. The second-order valence-electron chi connectivity index (χ2n) is 1.97. The zero-order valence-electron chi connectivity index (χ0n) is 5.73. The molecule has 4 heteroatoms. The molecule has 3 nitrogen and oxygen atoms in total. The SMILES string of the molecule is NC(=S)[N+](=O)c1ccccc1. The van der Waals surface area contributed by atoms with E-state index in [1.807, 2.05) is 6.07 Å². The van der Waals surface area contributed by atoms with Crippen molar-refractivity contribution in [1.29, 1.82) is 0 Å². The van der Waals surface area contributed by atoms with Crippen molar-refractivity contribution in [2.45, 2.75) is 0 Å². The second-order valence-corrected chi connectivity index (χ2v) is 2.39. The van der Waals surface area contributed by atoms with E-state index in [1.165, 1.54) is 0 Å². The Morgan fingerprint density at radius 3 is 2.36 bits per heavy atom. The minimum atomic E-state index is -0.170. The minimum absolute atomic E-state index is 0.170. The van der Waals surface area contributed by atoms with Gasteiger partial charge in [-0.05, 0) is 12.1 Å². The molecule has 1 aromatic rings. The highest BCUT2D eigenvalue weighted by molar-refractivity contribution is 7.79. The van der Waals surface area contributed by atoms with Crippen molar-refractivity contribution in [3.8, 4) is 0 Å². The van der Waals surface area contributed by atoms with Gasteiger partial charge in [0.1, 0.15) is 0 Å². The number of para-hydroxylation sites is 1. The van der Waals surface area contributed by atoms with Crippen LogP contribution in [0.3, 0.4) is 0 Å². The van der Waals surface area contributed by atoms with Crippen LogP contribution in [0, 0.1) is 4.91 Å². The highest BCUT2D eigenvalue weighted by Gasteiger charge is 2.10. The lowest BCUT2D eigenvalue weighted by Gasteiger charge is -1.90. The smallest absolute Gasteiger partial charge is 0.274 e. The lowest BCUT2D eigenvalue weighted by molar-refractivity contribution is -0.328. The van der Waals surface area contributed by atoms with Gasteiger partial charge in [-0.2, -0.15) is 0 Å². The number of nitrogens with two attached hydrogens (primary N) is 1. The fourth-order valence-corrected chi connectivity index (χ4v) is 0.796. The summed E-state index contributed by atoms with van der Waals surface area (Å²) in [5.41, 5.74) is 5.57. The highest BCUT2D eigenvalue weighted by atomic mass is 32.1. The van der Waals surface area contributed by atoms with Crippen LogP contribution in [0.4, 0.5) is 5.69 Å². The maximum absolute atomic E-state index is 11.0. The average molecular weight is 167 g/mol. The molecule has 56 valence electrons. The van der Waals surface area contributed by atoms with Gasteiger partial charge in [0.05, 0.1) is 0 Å². The third kappa shape index (κ3) is 1.81. The van der Waals surface area contributed by atoms with Crippen molar-refractivity contribution in [2.75, 3.05) is 0 Å². The highest BCUT2D eigenvalue weighted by Crippen LogP contribution is 2.08. The zero-order valence-corrected chi connectivity index (χ0v) is 6.54. The van der Waals surface area contributed by atoms with Gasteiger partial charge in [0.25, 0.3) is 0 Å². The molecule has 0 aliphatic heterocycles. The molecule has 0 unspecified atom stereocenters. The number of hydrogen-bond donors (Lipinski definition) is 1. The summed E-state index contributed by atoms with van der Waals surface area (Å²) in [5.74, 6) is 0. The molecule has 2 N–H and O–H groups in total. The van der Waals surface area contributed by atoms with Crippen LogP contribution in [-0.4, -0.2) is 9.87 Å². The first kappa shape index (κ1) is 7.81. The van der Waals surface area contributed by atoms with Gasteiger partial charge in [0, 0.05) is 17.0 Å². The summed E-state index contributed by atoms with van der Waals surface area (Å²) in [5, 5.41) is -0.170. The number of nitrogens with zero attached hydrogens (tertiary/aromatic N) is 1. The lowest BCUT2D eigenvalue weighted by Crippen LogP contribution is -2.19. The van der Waals surface area contributed by atoms with E-state index in [0.29, 0.717) is 10.4 Å². The standard InChI is InChI=1S/C7H6N2OS/c8-7(11)9(10)6-4-2-1-3-5-6/h1-5H,(H-,8,11)/p+1. The number of hydrogen-bond acceptors (Lipinski definition) is 2. The second kappa shape index (κ2) is 3.21. The molecule has 0 aromatic heterocycles. The summed E-state index contributed by atoms with van der Waals surface area (Å²) in [6, 6.07) is 8.60. The first-order chi connectivity index (χ1) is 5.22. The van der Waals surface area contributed by atoms with E-state index in [9.17, 15) is 4.91 Å². The van der Waals surface area contributed by atoms with E-state index in [-0.39, 0.29) is 5.11 Å². The van der Waals surface area contributed by atoms with E-state index in [0.717, 1.165) is 0 Å². The van der Waals surface area contributed by atoms with Gasteiger partial charge in [0.15, 0.2) is 5.69 Å². The molecule has 1 rings (SSSR count). The van der Waals surface area contributed by atoms with Crippen molar-refractivity contribution in [3.63, 3.8) is 0 Å². The Labute approximate surface area is 69.4 Å². The molecular formula is C7H7N2OS+. The molecule has 11 heavy (non-hydrogen) atoms. The molecule has 0 atom stereocenters. The summed E-state index contributed by atoms with van der Waals surface area (Å²) in [6.07, 6.45) is 0. The molecule has 0 aliphatic carbocycles. The van der Waals surface area contributed by atoms with Crippen LogP contribution in [-0.2, 0) is 0 Å². The quantitative estimate of drug-likeness (QED) is 0.507. The fraction of sp³-hybridized carbons (Fsp3) is 0. The maximum atomic E-state index is 11.0. The molecule has 1 aromatic carbocycles. The van der Waals surface area contributed by atoms with Gasteiger partial charge >= 0.3 is 5.11 Å². The predicted molar refractivity (Wildman–Crippen MR) is 46.5 cm³/mol. The van der Waals surface area contributed by atoms with Crippen LogP contribution in [0.2, 0.25) is 0 Å². The summed E-state index contributed by atoms with van der Waals surface area (Å²) < 4.78 is 0.509. The van der Waals surface area contributed by atoms with Crippen molar-refractivity contribution in [1.82, 2.24) is 0 Å². The molecule has 0 amide bonds. The van der Waals surface area contributed by atoms with Gasteiger partial charge in [-0.15, -0.1) is 0 Å². The summed E-state index contributed by atoms with van der Waals surface area (Å²) >= 11 is 4.49. The fourth-order valence-electron chi connectivity index (χ4n) is 0.691. The Kier molecular flexibility index (Phi) is 2.28. The van der Waals surface area contributed by atoms with Crippen molar-refractivity contribution in [2.24, 2.45) is 5.73 Å². The van der Waals surface area contributed by atoms with E-state index >= 15 is 0 Å². The maximum Gasteiger partial charge on any atom is 0.386 e. The number of thiocarbonyl (C=S) groups is 1. The zero-order chi connectivity index (χ0) is 8.27.